The summed E-state index contributed by atoms with van der Waals surface area (Å²) in [5, 5.41) is 0.725. The number of benzene rings is 1. The van der Waals surface area contributed by atoms with Gasteiger partial charge in [-0.25, -0.2) is 0 Å². The van der Waals surface area contributed by atoms with Gasteiger partial charge in [-0.05, 0) is 36.5 Å². The first kappa shape index (κ1) is 14.7. The van der Waals surface area contributed by atoms with Crippen molar-refractivity contribution in [3.05, 3.63) is 29.3 Å². The van der Waals surface area contributed by atoms with Crippen molar-refractivity contribution in [3.8, 4) is 5.75 Å². The molecular formula is C16H25NOS. The minimum absolute atomic E-state index is 0.309. The normalized spacial score (nSPS) is 16.8. The number of hydrogen-bond acceptors (Lipinski definition) is 3. The summed E-state index contributed by atoms with van der Waals surface area (Å²) in [5.74, 6) is 2.14. The van der Waals surface area contributed by atoms with Crippen molar-refractivity contribution < 1.29 is 4.74 Å². The van der Waals surface area contributed by atoms with Crippen LogP contribution in [0.3, 0.4) is 0 Å². The monoisotopic (exact) mass is 279 g/mol. The van der Waals surface area contributed by atoms with Gasteiger partial charge in [0.2, 0.25) is 0 Å². The molecule has 0 saturated heterocycles. The largest absolute Gasteiger partial charge is 0.493 e. The topological polar surface area (TPSA) is 35.2 Å². The molecule has 0 aromatic heterocycles. The Labute approximate surface area is 121 Å². The molecule has 0 radical (unpaired) electrons. The average molecular weight is 279 g/mol. The molecule has 106 valence electrons. The lowest BCUT2D eigenvalue weighted by Crippen LogP contribution is -2.24. The first-order valence-electron chi connectivity index (χ1n) is 7.30. The SMILES string of the molecule is CCC(C)SCC(N)CCc1ccc2c(c1)CCO2. The molecule has 2 unspecified atom stereocenters. The highest BCUT2D eigenvalue weighted by molar-refractivity contribution is 7.99. The van der Waals surface area contributed by atoms with Crippen LogP contribution in [0.15, 0.2) is 18.2 Å². The Balaban J connectivity index is 1.75. The first-order chi connectivity index (χ1) is 9.19. The molecule has 0 bridgehead atoms. The quantitative estimate of drug-likeness (QED) is 0.830. The van der Waals surface area contributed by atoms with E-state index in [1.807, 2.05) is 11.8 Å². The van der Waals surface area contributed by atoms with Crippen LogP contribution in [0.2, 0.25) is 0 Å². The minimum atomic E-state index is 0.309. The fourth-order valence-electron chi connectivity index (χ4n) is 2.24. The van der Waals surface area contributed by atoms with Gasteiger partial charge < -0.3 is 10.5 Å². The van der Waals surface area contributed by atoms with Crippen LogP contribution < -0.4 is 10.5 Å². The number of nitrogens with two attached hydrogens (primary N) is 1. The Bertz CT molecular complexity index is 408. The maximum Gasteiger partial charge on any atom is 0.122 e. The summed E-state index contributed by atoms with van der Waals surface area (Å²) in [6, 6.07) is 6.88. The molecule has 1 aromatic carbocycles. The fraction of sp³-hybridized carbons (Fsp3) is 0.625. The molecule has 0 aliphatic carbocycles. The zero-order chi connectivity index (χ0) is 13.7. The molecule has 0 amide bonds. The van der Waals surface area contributed by atoms with Crippen LogP contribution >= 0.6 is 11.8 Å². The van der Waals surface area contributed by atoms with Crippen LogP contribution in [0, 0.1) is 0 Å². The summed E-state index contributed by atoms with van der Waals surface area (Å²) in [6.07, 6.45) is 4.43. The van der Waals surface area contributed by atoms with E-state index in [0.29, 0.717) is 6.04 Å². The Morgan fingerprint density at radius 2 is 2.26 bits per heavy atom. The predicted octanol–water partition coefficient (Wildman–Crippen LogP) is 3.41. The van der Waals surface area contributed by atoms with Crippen LogP contribution in [-0.4, -0.2) is 23.7 Å². The zero-order valence-corrected chi connectivity index (χ0v) is 12.8. The van der Waals surface area contributed by atoms with Crippen LogP contribution in [0.5, 0.6) is 5.75 Å². The second-order valence-corrected chi connectivity index (χ2v) is 6.86. The van der Waals surface area contributed by atoms with E-state index in [1.54, 1.807) is 0 Å². The summed E-state index contributed by atoms with van der Waals surface area (Å²) in [4.78, 5) is 0. The van der Waals surface area contributed by atoms with Crippen molar-refractivity contribution in [2.45, 2.75) is 50.8 Å². The number of rotatable bonds is 7. The van der Waals surface area contributed by atoms with Crippen molar-refractivity contribution in [2.24, 2.45) is 5.73 Å². The second-order valence-electron chi connectivity index (χ2n) is 5.39. The summed E-state index contributed by atoms with van der Waals surface area (Å²) < 4.78 is 5.53. The molecule has 1 heterocycles. The third-order valence-electron chi connectivity index (χ3n) is 3.73. The maximum absolute atomic E-state index is 6.19. The smallest absolute Gasteiger partial charge is 0.122 e. The summed E-state index contributed by atoms with van der Waals surface area (Å²) in [7, 11) is 0. The lowest BCUT2D eigenvalue weighted by atomic mass is 10.0. The molecule has 0 saturated carbocycles. The highest BCUT2D eigenvalue weighted by atomic mass is 32.2. The summed E-state index contributed by atoms with van der Waals surface area (Å²) in [5.41, 5.74) is 8.95. The predicted molar refractivity (Wildman–Crippen MR) is 84.1 cm³/mol. The van der Waals surface area contributed by atoms with E-state index in [4.69, 9.17) is 10.5 Å². The Morgan fingerprint density at radius 1 is 1.42 bits per heavy atom. The second kappa shape index (κ2) is 7.20. The van der Waals surface area contributed by atoms with Gasteiger partial charge in [0.05, 0.1) is 6.61 Å². The van der Waals surface area contributed by atoms with Crippen molar-refractivity contribution >= 4 is 11.8 Å². The Hall–Kier alpha value is -0.670. The highest BCUT2D eigenvalue weighted by Gasteiger charge is 2.12. The molecule has 0 fully saturated rings. The maximum atomic E-state index is 6.19. The molecule has 1 aromatic rings. The van der Waals surface area contributed by atoms with Gasteiger partial charge in [0, 0.05) is 23.5 Å². The Kier molecular flexibility index (Phi) is 5.59. The van der Waals surface area contributed by atoms with Crippen LogP contribution in [-0.2, 0) is 12.8 Å². The standard InChI is InChI=1S/C16H25NOS/c1-3-12(2)19-11-15(17)6-4-13-5-7-16-14(10-13)8-9-18-16/h5,7,10,12,15H,3-4,6,8-9,11,17H2,1-2H3. The van der Waals surface area contributed by atoms with E-state index in [-0.39, 0.29) is 0 Å². The van der Waals surface area contributed by atoms with Crippen LogP contribution in [0.1, 0.15) is 37.8 Å². The van der Waals surface area contributed by atoms with Crippen molar-refractivity contribution in [3.63, 3.8) is 0 Å². The van der Waals surface area contributed by atoms with Crippen molar-refractivity contribution in [1.29, 1.82) is 0 Å². The Morgan fingerprint density at radius 3 is 3.05 bits per heavy atom. The number of fused-ring (bicyclic) bond motifs is 1. The fourth-order valence-corrected chi connectivity index (χ4v) is 3.21. The van der Waals surface area contributed by atoms with Gasteiger partial charge >= 0.3 is 0 Å². The van der Waals surface area contributed by atoms with Crippen LogP contribution in [0.4, 0.5) is 0 Å². The molecule has 1 aliphatic heterocycles. The summed E-state index contributed by atoms with van der Waals surface area (Å²) in [6.45, 7) is 5.34. The molecule has 2 atom stereocenters. The zero-order valence-electron chi connectivity index (χ0n) is 12.0. The van der Waals surface area contributed by atoms with E-state index in [0.717, 1.165) is 42.6 Å². The highest BCUT2D eigenvalue weighted by Crippen LogP contribution is 2.26. The number of ether oxygens (including phenoxy) is 1. The number of hydrogen-bond donors (Lipinski definition) is 1. The number of thioether (sulfide) groups is 1. The van der Waals surface area contributed by atoms with Crippen molar-refractivity contribution in [1.82, 2.24) is 0 Å². The van der Waals surface area contributed by atoms with Gasteiger partial charge in [-0.1, -0.05) is 26.0 Å². The van der Waals surface area contributed by atoms with E-state index in [1.165, 1.54) is 17.5 Å². The number of aryl methyl sites for hydroxylation is 1. The third-order valence-corrected chi connectivity index (χ3v) is 5.25. The lowest BCUT2D eigenvalue weighted by molar-refractivity contribution is 0.357. The molecule has 2 nitrogen and oxygen atoms in total. The van der Waals surface area contributed by atoms with Crippen molar-refractivity contribution in [2.75, 3.05) is 12.4 Å². The van der Waals surface area contributed by atoms with Gasteiger partial charge in [0.25, 0.3) is 0 Å². The minimum Gasteiger partial charge on any atom is -0.493 e. The van der Waals surface area contributed by atoms with E-state index in [9.17, 15) is 0 Å². The average Bonchev–Trinajstić information content (AvgIpc) is 2.89. The lowest BCUT2D eigenvalue weighted by Gasteiger charge is -2.14. The molecule has 3 heteroatoms. The van der Waals surface area contributed by atoms with Gasteiger partial charge in [0.15, 0.2) is 0 Å². The van der Waals surface area contributed by atoms with Gasteiger partial charge in [0.1, 0.15) is 5.75 Å². The van der Waals surface area contributed by atoms with E-state index in [2.05, 4.69) is 32.0 Å². The van der Waals surface area contributed by atoms with E-state index >= 15 is 0 Å². The molecular weight excluding hydrogens is 254 g/mol. The van der Waals surface area contributed by atoms with Gasteiger partial charge in [-0.15, -0.1) is 0 Å². The molecule has 2 N–H and O–H groups in total. The van der Waals surface area contributed by atoms with Crippen LogP contribution in [0.25, 0.3) is 0 Å². The first-order valence-corrected chi connectivity index (χ1v) is 8.35. The molecule has 2 rings (SSSR count). The van der Waals surface area contributed by atoms with Gasteiger partial charge in [-0.2, -0.15) is 11.8 Å². The van der Waals surface area contributed by atoms with Gasteiger partial charge in [-0.3, -0.25) is 0 Å². The van der Waals surface area contributed by atoms with E-state index < -0.39 is 0 Å². The molecule has 19 heavy (non-hydrogen) atoms. The third kappa shape index (κ3) is 4.43. The summed E-state index contributed by atoms with van der Waals surface area (Å²) >= 11 is 1.99. The molecule has 1 aliphatic rings. The molecule has 0 spiro atoms.